The van der Waals surface area contributed by atoms with Crippen LogP contribution in [0.2, 0.25) is 0 Å². The fraction of sp³-hybridized carbons (Fsp3) is 0.929. The molecule has 0 bridgehead atoms. The largest absolute Gasteiger partial charge is 0.377 e. The molecule has 1 heterocycles. The van der Waals surface area contributed by atoms with E-state index in [1.807, 2.05) is 13.8 Å². The van der Waals surface area contributed by atoms with Crippen LogP contribution in [-0.2, 0) is 19.6 Å². The number of nitrogens with zero attached hydrogens (tertiary/aromatic N) is 1. The zero-order valence-electron chi connectivity index (χ0n) is 13.3. The van der Waals surface area contributed by atoms with E-state index in [1.165, 1.54) is 10.6 Å². The van der Waals surface area contributed by atoms with E-state index in [0.29, 0.717) is 26.2 Å². The van der Waals surface area contributed by atoms with Crippen LogP contribution >= 0.6 is 0 Å². The molecule has 0 aromatic heterocycles. The van der Waals surface area contributed by atoms with Gasteiger partial charge in [-0.2, -0.15) is 4.31 Å². The second-order valence-corrected chi connectivity index (χ2v) is 7.54. The van der Waals surface area contributed by atoms with Crippen LogP contribution in [0.1, 0.15) is 39.5 Å². The minimum absolute atomic E-state index is 0.00516. The molecular formula is C14H28N2O4S. The zero-order valence-corrected chi connectivity index (χ0v) is 14.1. The molecule has 1 rings (SSSR count). The first-order chi connectivity index (χ1) is 9.88. The van der Waals surface area contributed by atoms with Gasteiger partial charge in [-0.1, -0.05) is 13.8 Å². The van der Waals surface area contributed by atoms with E-state index in [2.05, 4.69) is 5.32 Å². The number of amides is 1. The zero-order chi connectivity index (χ0) is 15.9. The van der Waals surface area contributed by atoms with E-state index in [4.69, 9.17) is 4.74 Å². The van der Waals surface area contributed by atoms with Crippen molar-refractivity contribution in [1.29, 1.82) is 0 Å². The third-order valence-electron chi connectivity index (χ3n) is 3.92. The first kappa shape index (κ1) is 18.4. The Morgan fingerprint density at radius 2 is 2.05 bits per heavy atom. The molecule has 0 spiro atoms. The number of rotatable bonds is 9. The Morgan fingerprint density at radius 1 is 1.38 bits per heavy atom. The molecule has 21 heavy (non-hydrogen) atoms. The quantitative estimate of drug-likeness (QED) is 0.687. The molecule has 1 fully saturated rings. The second kappa shape index (κ2) is 8.70. The predicted molar refractivity (Wildman–Crippen MR) is 82.5 cm³/mol. The standard InChI is InChI=1S/C14H28N2O4S/c1-4-12(5-2)14(17)15-8-9-16(21(3,18)19)11-13-7-6-10-20-13/h12-13H,4-11H2,1-3H3,(H,15,17). The summed E-state index contributed by atoms with van der Waals surface area (Å²) in [6, 6.07) is 0. The average molecular weight is 320 g/mol. The SMILES string of the molecule is CCC(CC)C(=O)NCCN(CC1CCCO1)S(C)(=O)=O. The van der Waals surface area contributed by atoms with Crippen molar-refractivity contribution in [3.05, 3.63) is 0 Å². The summed E-state index contributed by atoms with van der Waals surface area (Å²) in [5.74, 6) is 0.0143. The predicted octanol–water partition coefficient (Wildman–Crippen LogP) is 0.979. The Bertz CT molecular complexity index is 415. The Morgan fingerprint density at radius 3 is 2.52 bits per heavy atom. The Balaban J connectivity index is 2.44. The van der Waals surface area contributed by atoms with Crippen molar-refractivity contribution < 1.29 is 17.9 Å². The normalized spacial score (nSPS) is 19.4. The molecule has 124 valence electrons. The highest BCUT2D eigenvalue weighted by Gasteiger charge is 2.24. The van der Waals surface area contributed by atoms with Crippen LogP contribution in [0.15, 0.2) is 0 Å². The van der Waals surface area contributed by atoms with Gasteiger partial charge in [0.15, 0.2) is 0 Å². The van der Waals surface area contributed by atoms with E-state index in [1.54, 1.807) is 0 Å². The molecule has 0 aliphatic carbocycles. The Labute approximate surface area is 128 Å². The highest BCUT2D eigenvalue weighted by molar-refractivity contribution is 7.88. The molecule has 1 aliphatic heterocycles. The first-order valence-electron chi connectivity index (χ1n) is 7.72. The lowest BCUT2D eigenvalue weighted by Crippen LogP contribution is -2.42. The molecule has 0 radical (unpaired) electrons. The minimum atomic E-state index is -3.28. The highest BCUT2D eigenvalue weighted by atomic mass is 32.2. The van der Waals surface area contributed by atoms with E-state index >= 15 is 0 Å². The van der Waals surface area contributed by atoms with Crippen molar-refractivity contribution >= 4 is 15.9 Å². The third kappa shape index (κ3) is 6.32. The number of hydrogen-bond donors (Lipinski definition) is 1. The van der Waals surface area contributed by atoms with E-state index in [9.17, 15) is 13.2 Å². The van der Waals surface area contributed by atoms with Gasteiger partial charge >= 0.3 is 0 Å². The lowest BCUT2D eigenvalue weighted by molar-refractivity contribution is -0.125. The summed E-state index contributed by atoms with van der Waals surface area (Å²) in [6.07, 6.45) is 4.65. The molecule has 6 nitrogen and oxygen atoms in total. The Hall–Kier alpha value is -0.660. The smallest absolute Gasteiger partial charge is 0.223 e. The van der Waals surface area contributed by atoms with Gasteiger partial charge in [0.2, 0.25) is 15.9 Å². The number of hydrogen-bond acceptors (Lipinski definition) is 4. The number of carbonyl (C=O) groups excluding carboxylic acids is 1. The summed E-state index contributed by atoms with van der Waals surface area (Å²) >= 11 is 0. The van der Waals surface area contributed by atoms with Gasteiger partial charge in [-0.15, -0.1) is 0 Å². The van der Waals surface area contributed by atoms with Gasteiger partial charge in [-0.25, -0.2) is 8.42 Å². The molecule has 7 heteroatoms. The number of ether oxygens (including phenoxy) is 1. The monoisotopic (exact) mass is 320 g/mol. The summed E-state index contributed by atoms with van der Waals surface area (Å²) in [5.41, 5.74) is 0. The number of nitrogens with one attached hydrogen (secondary N) is 1. The van der Waals surface area contributed by atoms with Crippen LogP contribution in [0.4, 0.5) is 0 Å². The highest BCUT2D eigenvalue weighted by Crippen LogP contribution is 2.14. The molecule has 0 aromatic carbocycles. The summed E-state index contributed by atoms with van der Waals surface area (Å²) in [6.45, 7) is 5.68. The maximum absolute atomic E-state index is 11.9. The Kier molecular flexibility index (Phi) is 7.62. The molecule has 1 saturated heterocycles. The second-order valence-electron chi connectivity index (χ2n) is 5.56. The number of carbonyl (C=O) groups is 1. The third-order valence-corrected chi connectivity index (χ3v) is 5.19. The van der Waals surface area contributed by atoms with Crippen LogP contribution in [0, 0.1) is 5.92 Å². The molecule has 1 atom stereocenters. The van der Waals surface area contributed by atoms with Gasteiger partial charge in [-0.3, -0.25) is 4.79 Å². The topological polar surface area (TPSA) is 75.7 Å². The summed E-state index contributed by atoms with van der Waals surface area (Å²) in [5, 5.41) is 2.83. The van der Waals surface area contributed by atoms with Gasteiger partial charge in [0.05, 0.1) is 12.4 Å². The lowest BCUT2D eigenvalue weighted by Gasteiger charge is -2.23. The van der Waals surface area contributed by atoms with Gasteiger partial charge in [-0.05, 0) is 25.7 Å². The number of sulfonamides is 1. The van der Waals surface area contributed by atoms with Crippen LogP contribution in [-0.4, -0.2) is 57.2 Å². The van der Waals surface area contributed by atoms with Gasteiger partial charge in [0, 0.05) is 32.2 Å². The molecule has 0 saturated carbocycles. The van der Waals surface area contributed by atoms with Crippen molar-refractivity contribution in [2.45, 2.75) is 45.6 Å². The minimum Gasteiger partial charge on any atom is -0.377 e. The molecule has 1 amide bonds. The van der Waals surface area contributed by atoms with Crippen LogP contribution in [0.5, 0.6) is 0 Å². The van der Waals surface area contributed by atoms with Crippen molar-refractivity contribution in [2.24, 2.45) is 5.92 Å². The van der Waals surface area contributed by atoms with E-state index < -0.39 is 10.0 Å². The maximum Gasteiger partial charge on any atom is 0.223 e. The van der Waals surface area contributed by atoms with Crippen LogP contribution < -0.4 is 5.32 Å². The van der Waals surface area contributed by atoms with Crippen molar-refractivity contribution in [2.75, 3.05) is 32.5 Å². The van der Waals surface area contributed by atoms with Gasteiger partial charge < -0.3 is 10.1 Å². The van der Waals surface area contributed by atoms with E-state index in [-0.39, 0.29) is 17.9 Å². The maximum atomic E-state index is 11.9. The fourth-order valence-corrected chi connectivity index (χ4v) is 3.38. The van der Waals surface area contributed by atoms with Crippen molar-refractivity contribution in [1.82, 2.24) is 9.62 Å². The van der Waals surface area contributed by atoms with Crippen molar-refractivity contribution in [3.63, 3.8) is 0 Å². The average Bonchev–Trinajstić information content (AvgIpc) is 2.91. The van der Waals surface area contributed by atoms with Gasteiger partial charge in [0.1, 0.15) is 0 Å². The van der Waals surface area contributed by atoms with Crippen LogP contribution in [0.3, 0.4) is 0 Å². The summed E-state index contributed by atoms with van der Waals surface area (Å²) in [4.78, 5) is 11.9. The summed E-state index contributed by atoms with van der Waals surface area (Å²) < 4.78 is 30.5. The molecule has 1 aliphatic rings. The van der Waals surface area contributed by atoms with Gasteiger partial charge in [0.25, 0.3) is 0 Å². The van der Waals surface area contributed by atoms with E-state index in [0.717, 1.165) is 25.7 Å². The first-order valence-corrected chi connectivity index (χ1v) is 9.57. The molecule has 1 unspecified atom stereocenters. The van der Waals surface area contributed by atoms with Crippen molar-refractivity contribution in [3.8, 4) is 0 Å². The molecule has 0 aromatic rings. The fourth-order valence-electron chi connectivity index (χ4n) is 2.52. The van der Waals surface area contributed by atoms with Crippen LogP contribution in [0.25, 0.3) is 0 Å². The molecule has 1 N–H and O–H groups in total. The lowest BCUT2D eigenvalue weighted by atomic mass is 10.0. The summed E-state index contributed by atoms with van der Waals surface area (Å²) in [7, 11) is -3.28. The molecular weight excluding hydrogens is 292 g/mol.